The van der Waals surface area contributed by atoms with E-state index >= 15 is 4.39 Å². The predicted molar refractivity (Wildman–Crippen MR) is 161 cm³/mol. The van der Waals surface area contributed by atoms with Crippen LogP contribution in [0, 0.1) is 11.2 Å². The number of pyridine rings is 1. The number of nitrogens with one attached hydrogen (secondary N) is 1. The third-order valence-electron chi connectivity index (χ3n) is 7.84. The minimum atomic E-state index is -5.35. The van der Waals surface area contributed by atoms with Crippen LogP contribution in [0.1, 0.15) is 68.2 Å². The van der Waals surface area contributed by atoms with Gasteiger partial charge in [-0.2, -0.15) is 17.9 Å². The summed E-state index contributed by atoms with van der Waals surface area (Å²) in [7, 11) is -5.35. The number of thiazole rings is 1. The Bertz CT molecular complexity index is 1840. The third kappa shape index (κ3) is 8.37. The number of nitrogens with zero attached hydrogens (tertiary/aromatic N) is 3. The fraction of sp³-hybridized carbons (Fsp3) is 0.467. The van der Waals surface area contributed by atoms with Crippen molar-refractivity contribution in [1.29, 1.82) is 0 Å². The molecule has 268 valence electrons. The maximum absolute atomic E-state index is 15.8. The average Bonchev–Trinajstić information content (AvgIpc) is 3.44. The molecule has 49 heavy (non-hydrogen) atoms. The Hall–Kier alpha value is -3.71. The SMILES string of the molecule is CC[C@H](NS(=O)(=O)c1ccc(-c2sc(-c3cccc(CC(C)(C)C(=O)O)n3)nc2C(=O)N2CCC(F)(F)CC2)c(C(F)F)c1F)C(F)(F)F. The summed E-state index contributed by atoms with van der Waals surface area (Å²) in [5, 5.41) is 9.42. The number of alkyl halides is 7. The predicted octanol–water partition coefficient (Wildman–Crippen LogP) is 7.09. The normalized spacial score (nSPS) is 16.2. The van der Waals surface area contributed by atoms with Crippen molar-refractivity contribution in [3.8, 4) is 21.1 Å². The number of amides is 1. The van der Waals surface area contributed by atoms with Crippen LogP contribution >= 0.6 is 11.3 Å². The molecule has 1 aliphatic heterocycles. The van der Waals surface area contributed by atoms with E-state index in [0.717, 1.165) is 11.8 Å². The number of carbonyl (C=O) groups excluding carboxylic acids is 1. The second-order valence-corrected chi connectivity index (χ2v) is 14.7. The van der Waals surface area contributed by atoms with Gasteiger partial charge in [0, 0.05) is 43.6 Å². The number of benzene rings is 1. The molecule has 0 aliphatic carbocycles. The molecule has 1 aromatic carbocycles. The standard InChI is InChI=1S/C30H30F8N4O5S2/c1-4-19(30(36,37)38)41-49(46,47)18-9-8-16(20(21(18)31)24(32)33)23-22(26(43)42-12-10-29(34,35)11-13-42)40-25(48-23)17-7-5-6-15(39-17)14-28(2,3)27(44)45/h5-9,19,24,41H,4,10-14H2,1-3H3,(H,44,45)/t19-/m0/s1. The maximum Gasteiger partial charge on any atom is 0.404 e. The lowest BCUT2D eigenvalue weighted by Gasteiger charge is -2.31. The largest absolute Gasteiger partial charge is 0.481 e. The van der Waals surface area contributed by atoms with Crippen LogP contribution in [-0.2, 0) is 21.2 Å². The van der Waals surface area contributed by atoms with Gasteiger partial charge in [-0.3, -0.25) is 14.6 Å². The van der Waals surface area contributed by atoms with Crippen LogP contribution in [0.5, 0.6) is 0 Å². The van der Waals surface area contributed by atoms with Crippen molar-refractivity contribution in [3.63, 3.8) is 0 Å². The molecule has 1 aliphatic rings. The highest BCUT2D eigenvalue weighted by molar-refractivity contribution is 7.89. The number of hydrogen-bond donors (Lipinski definition) is 2. The summed E-state index contributed by atoms with van der Waals surface area (Å²) < 4.78 is 139. The van der Waals surface area contributed by atoms with Gasteiger partial charge in [-0.1, -0.05) is 19.1 Å². The Kier molecular flexibility index (Phi) is 10.8. The molecule has 0 spiro atoms. The topological polar surface area (TPSA) is 130 Å². The van der Waals surface area contributed by atoms with Gasteiger partial charge in [0.2, 0.25) is 10.0 Å². The molecule has 4 rings (SSSR count). The number of halogens is 8. The fourth-order valence-electron chi connectivity index (χ4n) is 4.99. The molecular formula is C30H30F8N4O5S2. The first-order valence-electron chi connectivity index (χ1n) is 14.7. The first kappa shape index (κ1) is 38.1. The quantitative estimate of drug-likeness (QED) is 0.201. The lowest BCUT2D eigenvalue weighted by Crippen LogP contribution is -2.45. The second-order valence-electron chi connectivity index (χ2n) is 12.0. The van der Waals surface area contributed by atoms with Gasteiger partial charge in [-0.25, -0.2) is 35.4 Å². The Morgan fingerprint density at radius 3 is 2.27 bits per heavy atom. The van der Waals surface area contributed by atoms with Gasteiger partial charge in [-0.15, -0.1) is 11.3 Å². The number of aromatic nitrogens is 2. The number of hydrogen-bond acceptors (Lipinski definition) is 7. The number of likely N-dealkylation sites (tertiary alicyclic amines) is 1. The highest BCUT2D eigenvalue weighted by Crippen LogP contribution is 2.43. The molecule has 3 heterocycles. The lowest BCUT2D eigenvalue weighted by molar-refractivity contribution is -0.151. The van der Waals surface area contributed by atoms with Crippen LogP contribution in [-0.4, -0.2) is 71.5 Å². The van der Waals surface area contributed by atoms with Crippen molar-refractivity contribution >= 4 is 33.2 Å². The summed E-state index contributed by atoms with van der Waals surface area (Å²) in [6.45, 7) is 3.04. The van der Waals surface area contributed by atoms with Crippen LogP contribution in [0.3, 0.4) is 0 Å². The Labute approximate surface area is 279 Å². The zero-order chi connectivity index (χ0) is 36.7. The molecule has 0 bridgehead atoms. The van der Waals surface area contributed by atoms with Gasteiger partial charge in [0.15, 0.2) is 5.82 Å². The first-order valence-corrected chi connectivity index (χ1v) is 17.0. The van der Waals surface area contributed by atoms with Crippen LogP contribution in [0.25, 0.3) is 21.1 Å². The minimum absolute atomic E-state index is 0.0504. The van der Waals surface area contributed by atoms with Crippen LogP contribution in [0.2, 0.25) is 0 Å². The number of carboxylic acids is 1. The number of carboxylic acid groups (broad SMARTS) is 1. The number of rotatable bonds is 11. The molecule has 19 heteroatoms. The van der Waals surface area contributed by atoms with E-state index in [2.05, 4.69) is 9.97 Å². The number of carbonyl (C=O) groups is 2. The first-order chi connectivity index (χ1) is 22.6. The van der Waals surface area contributed by atoms with Crippen molar-refractivity contribution < 1.29 is 58.2 Å². The maximum atomic E-state index is 15.8. The molecule has 1 saturated heterocycles. The van der Waals surface area contributed by atoms with Gasteiger partial charge in [0.05, 0.1) is 21.5 Å². The summed E-state index contributed by atoms with van der Waals surface area (Å²) in [5.74, 6) is -7.24. The number of aliphatic carboxylic acids is 1. The molecule has 1 fully saturated rings. The van der Waals surface area contributed by atoms with Crippen molar-refractivity contribution in [2.75, 3.05) is 13.1 Å². The highest BCUT2D eigenvalue weighted by atomic mass is 32.2. The second kappa shape index (κ2) is 13.9. The van der Waals surface area contributed by atoms with Crippen LogP contribution < -0.4 is 4.72 Å². The Morgan fingerprint density at radius 1 is 1.08 bits per heavy atom. The Morgan fingerprint density at radius 2 is 1.71 bits per heavy atom. The summed E-state index contributed by atoms with van der Waals surface area (Å²) in [6, 6.07) is 2.95. The molecule has 1 atom stereocenters. The third-order valence-corrected chi connectivity index (χ3v) is 10.4. The van der Waals surface area contributed by atoms with Crippen molar-refractivity contribution in [2.24, 2.45) is 5.41 Å². The molecule has 3 aromatic rings. The van der Waals surface area contributed by atoms with E-state index in [-0.39, 0.29) is 22.8 Å². The van der Waals surface area contributed by atoms with Gasteiger partial charge < -0.3 is 10.0 Å². The van der Waals surface area contributed by atoms with Crippen LogP contribution in [0.15, 0.2) is 35.2 Å². The minimum Gasteiger partial charge on any atom is -0.481 e. The molecular weight excluding hydrogens is 712 g/mol. The van der Waals surface area contributed by atoms with E-state index in [1.165, 1.54) is 36.8 Å². The van der Waals surface area contributed by atoms with Gasteiger partial charge in [0.1, 0.15) is 21.6 Å². The molecule has 0 radical (unpaired) electrons. The molecule has 0 unspecified atom stereocenters. The fourth-order valence-corrected chi connectivity index (χ4v) is 7.45. The average molecular weight is 743 g/mol. The number of piperidine rings is 1. The molecule has 2 N–H and O–H groups in total. The van der Waals surface area contributed by atoms with E-state index < -0.39 is 117 Å². The summed E-state index contributed by atoms with van der Waals surface area (Å²) in [6.07, 6.45) is -11.1. The van der Waals surface area contributed by atoms with E-state index in [0.29, 0.717) is 23.5 Å². The van der Waals surface area contributed by atoms with E-state index in [1.807, 2.05) is 0 Å². The molecule has 1 amide bonds. The van der Waals surface area contributed by atoms with Gasteiger partial charge in [-0.05, 0) is 38.5 Å². The van der Waals surface area contributed by atoms with Crippen molar-refractivity contribution in [3.05, 3.63) is 53.1 Å². The van der Waals surface area contributed by atoms with Gasteiger partial charge >= 0.3 is 12.1 Å². The zero-order valence-electron chi connectivity index (χ0n) is 26.0. The zero-order valence-corrected chi connectivity index (χ0v) is 27.7. The number of sulfonamides is 1. The Balaban J connectivity index is 1.88. The van der Waals surface area contributed by atoms with Gasteiger partial charge in [0.25, 0.3) is 18.3 Å². The van der Waals surface area contributed by atoms with Crippen molar-refractivity contribution in [1.82, 2.24) is 19.6 Å². The summed E-state index contributed by atoms with van der Waals surface area (Å²) >= 11 is 0.563. The molecule has 0 saturated carbocycles. The van der Waals surface area contributed by atoms with Crippen LogP contribution in [0.4, 0.5) is 35.1 Å². The van der Waals surface area contributed by atoms with Crippen molar-refractivity contribution in [2.45, 2.75) is 75.9 Å². The van der Waals surface area contributed by atoms with E-state index in [4.69, 9.17) is 0 Å². The van der Waals surface area contributed by atoms with E-state index in [1.54, 1.807) is 0 Å². The monoisotopic (exact) mass is 742 g/mol. The van der Waals surface area contributed by atoms with E-state index in [9.17, 15) is 53.8 Å². The highest BCUT2D eigenvalue weighted by Gasteiger charge is 2.43. The lowest BCUT2D eigenvalue weighted by atomic mass is 9.88. The molecule has 2 aromatic heterocycles. The summed E-state index contributed by atoms with van der Waals surface area (Å²) in [5.41, 5.74) is -3.77. The molecule has 9 nitrogen and oxygen atoms in total. The summed E-state index contributed by atoms with van der Waals surface area (Å²) in [4.78, 5) is 33.0. The smallest absolute Gasteiger partial charge is 0.404 e.